The van der Waals surface area contributed by atoms with Gasteiger partial charge in [-0.3, -0.25) is 9.59 Å². The quantitative estimate of drug-likeness (QED) is 0.565. The number of aromatic hydroxyl groups is 1. The number of nitrogens with one attached hydrogen (secondary N) is 3. The highest BCUT2D eigenvalue weighted by Crippen LogP contribution is 1.99. The highest BCUT2D eigenvalue weighted by atomic mass is 16.3. The number of aromatic amines is 1. The molecule has 6 nitrogen and oxygen atoms in total. The van der Waals surface area contributed by atoms with E-state index in [1.54, 1.807) is 0 Å². The van der Waals surface area contributed by atoms with Gasteiger partial charge in [0.2, 0.25) is 5.43 Å². The minimum atomic E-state index is -0.572. The molecule has 0 aliphatic heterocycles. The fraction of sp³-hybridized carbons (Fsp3) is 0.455. The van der Waals surface area contributed by atoms with Crippen molar-refractivity contribution in [3.8, 4) is 5.75 Å². The van der Waals surface area contributed by atoms with Gasteiger partial charge in [-0.05, 0) is 19.5 Å². The molecular weight excluding hydrogens is 222 g/mol. The van der Waals surface area contributed by atoms with Crippen molar-refractivity contribution in [1.82, 2.24) is 15.6 Å². The second-order valence-electron chi connectivity index (χ2n) is 3.97. The van der Waals surface area contributed by atoms with Crippen molar-refractivity contribution in [2.75, 3.05) is 20.1 Å². The van der Waals surface area contributed by atoms with Crippen LogP contribution in [0.25, 0.3) is 0 Å². The Balaban J connectivity index is 2.58. The van der Waals surface area contributed by atoms with Crippen LogP contribution >= 0.6 is 0 Å². The number of carbonyl (C=O) groups is 1. The van der Waals surface area contributed by atoms with E-state index in [-0.39, 0.29) is 11.6 Å². The minimum Gasteiger partial charge on any atom is -0.503 e. The van der Waals surface area contributed by atoms with Crippen molar-refractivity contribution < 1.29 is 9.90 Å². The lowest BCUT2D eigenvalue weighted by molar-refractivity contribution is 0.0943. The smallest absolute Gasteiger partial charge is 0.267 e. The maximum atomic E-state index is 11.6. The SMILES string of the molecule is CNCC(C)CNC(=O)c1cc(=O)c(O)c[nH]1. The van der Waals surface area contributed by atoms with Gasteiger partial charge >= 0.3 is 0 Å². The maximum absolute atomic E-state index is 11.6. The Hall–Kier alpha value is -1.82. The van der Waals surface area contributed by atoms with Gasteiger partial charge in [0.25, 0.3) is 5.91 Å². The molecule has 1 aromatic heterocycles. The van der Waals surface area contributed by atoms with E-state index in [9.17, 15) is 9.59 Å². The normalized spacial score (nSPS) is 12.1. The fourth-order valence-electron chi connectivity index (χ4n) is 1.38. The van der Waals surface area contributed by atoms with Gasteiger partial charge in [0, 0.05) is 18.8 Å². The van der Waals surface area contributed by atoms with Crippen LogP contribution in [-0.2, 0) is 0 Å². The molecule has 1 aromatic rings. The maximum Gasteiger partial charge on any atom is 0.267 e. The van der Waals surface area contributed by atoms with Crippen LogP contribution in [0.5, 0.6) is 5.75 Å². The van der Waals surface area contributed by atoms with Crippen LogP contribution in [0.1, 0.15) is 17.4 Å². The molecule has 0 spiro atoms. The summed E-state index contributed by atoms with van der Waals surface area (Å²) in [6, 6.07) is 1.08. The Bertz CT molecular complexity index is 442. The van der Waals surface area contributed by atoms with Gasteiger partial charge < -0.3 is 20.7 Å². The number of hydrogen-bond acceptors (Lipinski definition) is 4. The summed E-state index contributed by atoms with van der Waals surface area (Å²) < 4.78 is 0. The molecule has 4 N–H and O–H groups in total. The number of pyridine rings is 1. The lowest BCUT2D eigenvalue weighted by atomic mass is 10.2. The molecule has 1 heterocycles. The summed E-state index contributed by atoms with van der Waals surface area (Å²) in [6.45, 7) is 3.31. The molecule has 1 unspecified atom stereocenters. The van der Waals surface area contributed by atoms with Crippen LogP contribution in [0.2, 0.25) is 0 Å². The predicted molar refractivity (Wildman–Crippen MR) is 64.2 cm³/mol. The summed E-state index contributed by atoms with van der Waals surface area (Å²) in [7, 11) is 1.84. The Labute approximate surface area is 99.1 Å². The summed E-state index contributed by atoms with van der Waals surface area (Å²) in [5.74, 6) is -0.456. The highest BCUT2D eigenvalue weighted by molar-refractivity contribution is 5.92. The van der Waals surface area contributed by atoms with Crippen LogP contribution in [0.3, 0.4) is 0 Å². The van der Waals surface area contributed by atoms with Crippen molar-refractivity contribution in [1.29, 1.82) is 0 Å². The Morgan fingerprint density at radius 3 is 2.82 bits per heavy atom. The highest BCUT2D eigenvalue weighted by Gasteiger charge is 2.09. The van der Waals surface area contributed by atoms with Gasteiger partial charge in [-0.1, -0.05) is 6.92 Å². The fourth-order valence-corrected chi connectivity index (χ4v) is 1.38. The number of carbonyl (C=O) groups excluding carboxylic acids is 1. The number of aromatic nitrogens is 1. The summed E-state index contributed by atoms with van der Waals surface area (Å²) in [5.41, 5.74) is -0.429. The van der Waals surface area contributed by atoms with E-state index in [0.717, 1.165) is 18.8 Å². The molecule has 1 atom stereocenters. The molecule has 1 rings (SSSR count). The molecule has 0 saturated carbocycles. The molecule has 0 radical (unpaired) electrons. The number of H-pyrrole nitrogens is 1. The van der Waals surface area contributed by atoms with Gasteiger partial charge in [0.1, 0.15) is 5.69 Å². The lowest BCUT2D eigenvalue weighted by Gasteiger charge is -2.11. The number of hydrogen-bond donors (Lipinski definition) is 4. The zero-order valence-corrected chi connectivity index (χ0v) is 9.91. The van der Waals surface area contributed by atoms with Crippen molar-refractivity contribution in [3.63, 3.8) is 0 Å². The van der Waals surface area contributed by atoms with E-state index in [4.69, 9.17) is 5.11 Å². The first-order chi connectivity index (χ1) is 8.04. The Kier molecular flexibility index (Phi) is 4.71. The van der Waals surface area contributed by atoms with Gasteiger partial charge in [-0.15, -0.1) is 0 Å². The summed E-state index contributed by atoms with van der Waals surface area (Å²) in [6.07, 6.45) is 1.11. The van der Waals surface area contributed by atoms with E-state index in [0.29, 0.717) is 12.5 Å². The first-order valence-corrected chi connectivity index (χ1v) is 5.39. The third kappa shape index (κ3) is 3.92. The monoisotopic (exact) mass is 239 g/mol. The first kappa shape index (κ1) is 13.2. The van der Waals surface area contributed by atoms with Crippen LogP contribution < -0.4 is 16.1 Å². The molecule has 0 bridgehead atoms. The number of amides is 1. The van der Waals surface area contributed by atoms with Crippen LogP contribution in [-0.4, -0.2) is 36.1 Å². The molecule has 0 fully saturated rings. The molecule has 17 heavy (non-hydrogen) atoms. The molecule has 0 aliphatic carbocycles. The third-order valence-electron chi connectivity index (χ3n) is 2.30. The summed E-state index contributed by atoms with van der Waals surface area (Å²) >= 11 is 0. The Morgan fingerprint density at radius 2 is 2.24 bits per heavy atom. The standard InChI is InChI=1S/C11H17N3O3/c1-7(4-12-2)5-14-11(17)8-3-9(15)10(16)6-13-8/h3,6-7,12,16H,4-5H2,1-2H3,(H,13,15)(H,14,17). The first-order valence-electron chi connectivity index (χ1n) is 5.39. The van der Waals surface area contributed by atoms with Crippen molar-refractivity contribution in [2.24, 2.45) is 5.92 Å². The van der Waals surface area contributed by atoms with Crippen molar-refractivity contribution >= 4 is 5.91 Å². The molecule has 0 aromatic carbocycles. The zero-order valence-electron chi connectivity index (χ0n) is 9.91. The molecule has 0 saturated heterocycles. The Morgan fingerprint density at radius 1 is 1.53 bits per heavy atom. The van der Waals surface area contributed by atoms with Gasteiger partial charge in [-0.2, -0.15) is 0 Å². The van der Waals surface area contributed by atoms with Crippen LogP contribution in [0.15, 0.2) is 17.1 Å². The van der Waals surface area contributed by atoms with Crippen LogP contribution in [0.4, 0.5) is 0 Å². The molecule has 6 heteroatoms. The largest absolute Gasteiger partial charge is 0.503 e. The van der Waals surface area contributed by atoms with E-state index in [1.807, 2.05) is 14.0 Å². The third-order valence-corrected chi connectivity index (χ3v) is 2.30. The molecular formula is C11H17N3O3. The van der Waals surface area contributed by atoms with Gasteiger partial charge in [0.15, 0.2) is 5.75 Å². The topological polar surface area (TPSA) is 94.2 Å². The second-order valence-corrected chi connectivity index (χ2v) is 3.97. The lowest BCUT2D eigenvalue weighted by Crippen LogP contribution is -2.33. The van der Waals surface area contributed by atoms with Gasteiger partial charge in [-0.25, -0.2) is 0 Å². The molecule has 0 aliphatic rings. The molecule has 94 valence electrons. The second kappa shape index (κ2) is 6.05. The van der Waals surface area contributed by atoms with E-state index in [1.165, 1.54) is 0 Å². The average Bonchev–Trinajstić information content (AvgIpc) is 2.30. The predicted octanol–water partition coefficient (Wildman–Crippen LogP) is -0.334. The van der Waals surface area contributed by atoms with E-state index in [2.05, 4.69) is 15.6 Å². The average molecular weight is 239 g/mol. The minimum absolute atomic E-state index is 0.143. The van der Waals surface area contributed by atoms with Gasteiger partial charge in [0.05, 0.1) is 0 Å². The summed E-state index contributed by atoms with van der Waals surface area (Å²) in [5, 5.41) is 14.7. The van der Waals surface area contributed by atoms with Crippen LogP contribution in [0, 0.1) is 5.92 Å². The van der Waals surface area contributed by atoms with E-state index >= 15 is 0 Å². The van der Waals surface area contributed by atoms with Crippen molar-refractivity contribution in [3.05, 3.63) is 28.2 Å². The van der Waals surface area contributed by atoms with E-state index < -0.39 is 11.2 Å². The summed E-state index contributed by atoms with van der Waals surface area (Å²) in [4.78, 5) is 25.3. The van der Waals surface area contributed by atoms with Crippen molar-refractivity contribution in [2.45, 2.75) is 6.92 Å². The zero-order chi connectivity index (χ0) is 12.8. The molecule has 1 amide bonds. The number of rotatable bonds is 5.